The topological polar surface area (TPSA) is 91.3 Å². The number of rotatable bonds is 5. The highest BCUT2D eigenvalue weighted by molar-refractivity contribution is 7.09. The molecule has 1 aromatic heterocycles. The van der Waals surface area contributed by atoms with Crippen molar-refractivity contribution in [3.63, 3.8) is 0 Å². The van der Waals surface area contributed by atoms with Crippen molar-refractivity contribution < 1.29 is 14.7 Å². The number of likely N-dealkylation sites (N-methyl/N-ethyl adjacent to an activating group) is 1. The number of carbonyl (C=O) groups excluding carboxylic acids is 1. The van der Waals surface area contributed by atoms with Gasteiger partial charge in [0.15, 0.2) is 5.69 Å². The van der Waals surface area contributed by atoms with Crippen LogP contribution in [0.15, 0.2) is 5.38 Å². The van der Waals surface area contributed by atoms with Crippen molar-refractivity contribution in [3.8, 4) is 0 Å². The first-order chi connectivity index (χ1) is 7.54. The second-order valence-corrected chi connectivity index (χ2v) is 4.09. The molecule has 0 spiro atoms. The highest BCUT2D eigenvalue weighted by Gasteiger charge is 2.15. The Bertz CT molecular complexity index is 391. The van der Waals surface area contributed by atoms with E-state index in [-0.39, 0.29) is 24.2 Å². The molecule has 0 aliphatic carbocycles. The summed E-state index contributed by atoms with van der Waals surface area (Å²) in [7, 11) is 1.68. The Kier molecular flexibility index (Phi) is 4.39. The molecule has 3 N–H and O–H groups in total. The van der Waals surface area contributed by atoms with E-state index in [1.165, 1.54) is 16.7 Å². The molecule has 1 rings (SSSR count). The predicted octanol–water partition coefficient (Wildman–Crippen LogP) is 0.238. The average Bonchev–Trinajstić information content (AvgIpc) is 2.66. The van der Waals surface area contributed by atoms with E-state index in [1.807, 2.05) is 0 Å². The summed E-state index contributed by atoms with van der Waals surface area (Å²) >= 11 is 1.22. The molecule has 1 unspecified atom stereocenters. The molecular formula is C9H13N3O3S. The second kappa shape index (κ2) is 5.57. The molecule has 1 aromatic rings. The fourth-order valence-electron chi connectivity index (χ4n) is 1.10. The summed E-state index contributed by atoms with van der Waals surface area (Å²) in [5, 5.41) is 16.2. The Balaban J connectivity index is 2.62. The largest absolute Gasteiger partial charge is 0.476 e. The summed E-state index contributed by atoms with van der Waals surface area (Å²) in [4.78, 5) is 25.8. The number of hydrogen-bond donors (Lipinski definition) is 3. The number of amides is 1. The van der Waals surface area contributed by atoms with E-state index in [1.54, 1.807) is 14.0 Å². The van der Waals surface area contributed by atoms with Crippen LogP contribution in [-0.4, -0.2) is 35.6 Å². The van der Waals surface area contributed by atoms with E-state index in [2.05, 4.69) is 15.6 Å². The van der Waals surface area contributed by atoms with E-state index in [4.69, 9.17) is 5.11 Å². The van der Waals surface area contributed by atoms with Crippen LogP contribution in [0.2, 0.25) is 0 Å². The SMILES string of the molecule is CNCC(=O)NC(C)c1nc(C(=O)O)cs1. The van der Waals surface area contributed by atoms with E-state index >= 15 is 0 Å². The van der Waals surface area contributed by atoms with E-state index < -0.39 is 5.97 Å². The maximum absolute atomic E-state index is 11.3. The summed E-state index contributed by atoms with van der Waals surface area (Å²) < 4.78 is 0. The van der Waals surface area contributed by atoms with Crippen molar-refractivity contribution in [2.24, 2.45) is 0 Å². The lowest BCUT2D eigenvalue weighted by atomic mass is 10.3. The van der Waals surface area contributed by atoms with Crippen LogP contribution in [0, 0.1) is 0 Å². The maximum Gasteiger partial charge on any atom is 0.355 e. The monoisotopic (exact) mass is 243 g/mol. The van der Waals surface area contributed by atoms with Gasteiger partial charge in [-0.3, -0.25) is 4.79 Å². The van der Waals surface area contributed by atoms with Gasteiger partial charge in [0.2, 0.25) is 5.91 Å². The zero-order valence-corrected chi connectivity index (χ0v) is 9.80. The minimum atomic E-state index is -1.06. The number of nitrogens with one attached hydrogen (secondary N) is 2. The van der Waals surface area contributed by atoms with Gasteiger partial charge in [-0.1, -0.05) is 0 Å². The first-order valence-electron chi connectivity index (χ1n) is 4.67. The Morgan fingerprint density at radius 3 is 2.81 bits per heavy atom. The Morgan fingerprint density at radius 1 is 1.62 bits per heavy atom. The Hall–Kier alpha value is -1.47. The van der Waals surface area contributed by atoms with Gasteiger partial charge in [-0.05, 0) is 14.0 Å². The highest BCUT2D eigenvalue weighted by atomic mass is 32.1. The number of aromatic nitrogens is 1. The summed E-state index contributed by atoms with van der Waals surface area (Å²) in [6, 6.07) is -0.279. The van der Waals surface area contributed by atoms with Crippen LogP contribution in [0.1, 0.15) is 28.5 Å². The fraction of sp³-hybridized carbons (Fsp3) is 0.444. The van der Waals surface area contributed by atoms with Gasteiger partial charge < -0.3 is 15.7 Å². The molecule has 1 atom stereocenters. The number of nitrogens with zero attached hydrogens (tertiary/aromatic N) is 1. The zero-order valence-electron chi connectivity index (χ0n) is 8.98. The van der Waals surface area contributed by atoms with Crippen LogP contribution in [0.3, 0.4) is 0 Å². The van der Waals surface area contributed by atoms with Crippen LogP contribution in [0.25, 0.3) is 0 Å². The molecule has 88 valence electrons. The summed E-state index contributed by atoms with van der Waals surface area (Å²) in [5.74, 6) is -1.21. The van der Waals surface area contributed by atoms with Gasteiger partial charge in [-0.25, -0.2) is 9.78 Å². The molecule has 6 nitrogen and oxygen atoms in total. The number of carboxylic acids is 1. The third-order valence-corrected chi connectivity index (χ3v) is 2.85. The number of hydrogen-bond acceptors (Lipinski definition) is 5. The molecule has 0 aliphatic rings. The molecule has 0 bridgehead atoms. The molecule has 1 heterocycles. The predicted molar refractivity (Wildman–Crippen MR) is 59.6 cm³/mol. The van der Waals surface area contributed by atoms with E-state index in [0.717, 1.165) is 0 Å². The van der Waals surface area contributed by atoms with Crippen molar-refractivity contribution in [1.82, 2.24) is 15.6 Å². The quantitative estimate of drug-likeness (QED) is 0.689. The highest BCUT2D eigenvalue weighted by Crippen LogP contribution is 2.17. The van der Waals surface area contributed by atoms with Crippen LogP contribution in [-0.2, 0) is 4.79 Å². The van der Waals surface area contributed by atoms with Crippen LogP contribution in [0.4, 0.5) is 0 Å². The van der Waals surface area contributed by atoms with Crippen molar-refractivity contribution in [1.29, 1.82) is 0 Å². The molecule has 1 amide bonds. The zero-order chi connectivity index (χ0) is 12.1. The third kappa shape index (κ3) is 3.28. The normalized spacial score (nSPS) is 12.1. The van der Waals surface area contributed by atoms with Gasteiger partial charge in [0.25, 0.3) is 0 Å². The van der Waals surface area contributed by atoms with Crippen molar-refractivity contribution in [3.05, 3.63) is 16.1 Å². The average molecular weight is 243 g/mol. The lowest BCUT2D eigenvalue weighted by molar-refractivity contribution is -0.120. The minimum Gasteiger partial charge on any atom is -0.476 e. The molecule has 0 saturated carbocycles. The summed E-state index contributed by atoms with van der Waals surface area (Å²) in [5.41, 5.74) is 0.00900. The van der Waals surface area contributed by atoms with Gasteiger partial charge >= 0.3 is 5.97 Å². The molecule has 0 aliphatic heterocycles. The summed E-state index contributed by atoms with van der Waals surface area (Å²) in [6.45, 7) is 1.99. The van der Waals surface area contributed by atoms with Crippen LogP contribution < -0.4 is 10.6 Å². The maximum atomic E-state index is 11.3. The van der Waals surface area contributed by atoms with Gasteiger partial charge in [-0.2, -0.15) is 0 Å². The Morgan fingerprint density at radius 2 is 2.31 bits per heavy atom. The molecule has 0 radical (unpaired) electrons. The van der Waals surface area contributed by atoms with E-state index in [9.17, 15) is 9.59 Å². The van der Waals surface area contributed by atoms with Gasteiger partial charge in [-0.15, -0.1) is 11.3 Å². The lowest BCUT2D eigenvalue weighted by Crippen LogP contribution is -2.33. The minimum absolute atomic E-state index is 0.00900. The summed E-state index contributed by atoms with van der Waals surface area (Å²) in [6.07, 6.45) is 0. The number of carbonyl (C=O) groups is 2. The Labute approximate surface area is 96.7 Å². The molecule has 0 aromatic carbocycles. The number of thiazole rings is 1. The van der Waals surface area contributed by atoms with Crippen LogP contribution in [0.5, 0.6) is 0 Å². The molecule has 16 heavy (non-hydrogen) atoms. The molecule has 0 saturated heterocycles. The first kappa shape index (κ1) is 12.6. The fourth-order valence-corrected chi connectivity index (χ4v) is 1.90. The first-order valence-corrected chi connectivity index (χ1v) is 5.55. The van der Waals surface area contributed by atoms with Crippen molar-refractivity contribution in [2.45, 2.75) is 13.0 Å². The number of carboxylic acid groups (broad SMARTS) is 1. The second-order valence-electron chi connectivity index (χ2n) is 3.20. The van der Waals surface area contributed by atoms with Gasteiger partial charge in [0.05, 0.1) is 12.6 Å². The van der Waals surface area contributed by atoms with Crippen LogP contribution >= 0.6 is 11.3 Å². The standard InChI is InChI=1S/C9H13N3O3S/c1-5(11-7(13)3-10-2)8-12-6(4-16-8)9(14)15/h4-5,10H,3H2,1-2H3,(H,11,13)(H,14,15). The van der Waals surface area contributed by atoms with Crippen molar-refractivity contribution in [2.75, 3.05) is 13.6 Å². The smallest absolute Gasteiger partial charge is 0.355 e. The van der Waals surface area contributed by atoms with E-state index in [0.29, 0.717) is 5.01 Å². The van der Waals surface area contributed by atoms with Gasteiger partial charge in [0.1, 0.15) is 5.01 Å². The third-order valence-electron chi connectivity index (χ3n) is 1.83. The van der Waals surface area contributed by atoms with Crippen molar-refractivity contribution >= 4 is 23.2 Å². The molecule has 7 heteroatoms. The lowest BCUT2D eigenvalue weighted by Gasteiger charge is -2.10. The number of aromatic carboxylic acids is 1. The molecular weight excluding hydrogens is 230 g/mol. The molecule has 0 fully saturated rings. The van der Waals surface area contributed by atoms with Gasteiger partial charge in [0, 0.05) is 5.38 Å².